The van der Waals surface area contributed by atoms with Gasteiger partial charge in [-0.3, -0.25) is 14.3 Å². The van der Waals surface area contributed by atoms with E-state index in [1.165, 1.54) is 9.58 Å². The normalized spacial score (nSPS) is 16.0. The van der Waals surface area contributed by atoms with Crippen LogP contribution >= 0.6 is 0 Å². The molecule has 1 aromatic carbocycles. The van der Waals surface area contributed by atoms with Crippen LogP contribution in [0.3, 0.4) is 0 Å². The Labute approximate surface area is 140 Å². The molecule has 0 aliphatic carbocycles. The lowest BCUT2D eigenvalue weighted by atomic mass is 9.96. The van der Waals surface area contributed by atoms with Crippen molar-refractivity contribution in [2.75, 3.05) is 26.0 Å². The lowest BCUT2D eigenvalue weighted by Gasteiger charge is -2.24. The van der Waals surface area contributed by atoms with E-state index in [1.54, 1.807) is 26.5 Å². The number of anilines is 1. The van der Waals surface area contributed by atoms with Gasteiger partial charge in [-0.05, 0) is 18.1 Å². The topological polar surface area (TPSA) is 76.5 Å². The average molecular weight is 328 g/mol. The first kappa shape index (κ1) is 16.0. The molecule has 1 N–H and O–H groups in total. The van der Waals surface area contributed by atoms with Gasteiger partial charge in [0.25, 0.3) is 0 Å². The van der Waals surface area contributed by atoms with E-state index in [4.69, 9.17) is 4.74 Å². The molecule has 1 aliphatic heterocycles. The summed E-state index contributed by atoms with van der Waals surface area (Å²) in [5.74, 6) is 0.430. The standard InChI is InChI=1S/C17H20N4O3/c1-20(2)16(22)10-21-9-14(8-18-21)19-17(23)13-7-12-5-3-4-6-15(12)24-11-13/h3-6,8-9,13H,7,10-11H2,1-2H3,(H,19,23)/t13-/m0/s1. The van der Waals surface area contributed by atoms with Gasteiger partial charge in [0.2, 0.25) is 11.8 Å². The number of aromatic nitrogens is 2. The maximum atomic E-state index is 12.4. The number of rotatable bonds is 4. The number of likely N-dealkylation sites (N-methyl/N-ethyl adjacent to an activating group) is 1. The molecule has 2 heterocycles. The van der Waals surface area contributed by atoms with Gasteiger partial charge in [-0.25, -0.2) is 0 Å². The molecule has 2 aromatic rings. The number of nitrogens with zero attached hydrogens (tertiary/aromatic N) is 3. The lowest BCUT2D eigenvalue weighted by molar-refractivity contribution is -0.129. The van der Waals surface area contributed by atoms with Crippen molar-refractivity contribution in [2.24, 2.45) is 5.92 Å². The summed E-state index contributed by atoms with van der Waals surface area (Å²) in [5.41, 5.74) is 1.61. The number of hydrogen-bond acceptors (Lipinski definition) is 4. The van der Waals surface area contributed by atoms with Crippen molar-refractivity contribution >= 4 is 17.5 Å². The highest BCUT2D eigenvalue weighted by Gasteiger charge is 2.26. The molecule has 126 valence electrons. The number of nitrogens with one attached hydrogen (secondary N) is 1. The van der Waals surface area contributed by atoms with Crippen molar-refractivity contribution in [1.29, 1.82) is 0 Å². The van der Waals surface area contributed by atoms with Crippen LogP contribution in [0.4, 0.5) is 5.69 Å². The van der Waals surface area contributed by atoms with Gasteiger partial charge in [0, 0.05) is 20.3 Å². The van der Waals surface area contributed by atoms with E-state index in [2.05, 4.69) is 10.4 Å². The monoisotopic (exact) mass is 328 g/mol. The third-order valence-corrected chi connectivity index (χ3v) is 3.95. The van der Waals surface area contributed by atoms with Crippen LogP contribution in [-0.4, -0.2) is 47.2 Å². The molecule has 7 heteroatoms. The molecule has 0 saturated carbocycles. The van der Waals surface area contributed by atoms with E-state index < -0.39 is 0 Å². The SMILES string of the molecule is CN(C)C(=O)Cn1cc(NC(=O)[C@@H]2COc3ccccc3C2)cn1. The summed E-state index contributed by atoms with van der Waals surface area (Å²) in [5, 5.41) is 6.93. The fourth-order valence-corrected chi connectivity index (χ4v) is 2.54. The zero-order valence-electron chi connectivity index (χ0n) is 13.7. The van der Waals surface area contributed by atoms with Gasteiger partial charge >= 0.3 is 0 Å². The smallest absolute Gasteiger partial charge is 0.243 e. The Balaban J connectivity index is 1.60. The minimum atomic E-state index is -0.244. The van der Waals surface area contributed by atoms with Crippen LogP contribution in [0.25, 0.3) is 0 Å². The molecular weight excluding hydrogens is 308 g/mol. The molecule has 0 spiro atoms. The van der Waals surface area contributed by atoms with Gasteiger partial charge in [0.05, 0.1) is 17.8 Å². The number of hydrogen-bond donors (Lipinski definition) is 1. The van der Waals surface area contributed by atoms with Crippen molar-refractivity contribution in [3.8, 4) is 5.75 Å². The van der Waals surface area contributed by atoms with Crippen LogP contribution in [0.1, 0.15) is 5.56 Å². The van der Waals surface area contributed by atoms with Crippen LogP contribution < -0.4 is 10.1 Å². The fourth-order valence-electron chi connectivity index (χ4n) is 2.54. The lowest BCUT2D eigenvalue weighted by Crippen LogP contribution is -2.32. The number of fused-ring (bicyclic) bond motifs is 1. The molecule has 0 unspecified atom stereocenters. The average Bonchev–Trinajstić information content (AvgIpc) is 3.01. The third kappa shape index (κ3) is 3.56. The second-order valence-electron chi connectivity index (χ2n) is 6.02. The van der Waals surface area contributed by atoms with E-state index in [0.29, 0.717) is 18.7 Å². The van der Waals surface area contributed by atoms with Crippen molar-refractivity contribution in [1.82, 2.24) is 14.7 Å². The molecule has 24 heavy (non-hydrogen) atoms. The number of para-hydroxylation sites is 1. The number of amides is 2. The van der Waals surface area contributed by atoms with Crippen molar-refractivity contribution in [3.63, 3.8) is 0 Å². The summed E-state index contributed by atoms with van der Waals surface area (Å²) >= 11 is 0. The Morgan fingerprint density at radius 1 is 1.38 bits per heavy atom. The first-order valence-corrected chi connectivity index (χ1v) is 7.77. The number of ether oxygens (including phenoxy) is 1. The molecule has 1 aromatic heterocycles. The highest BCUT2D eigenvalue weighted by molar-refractivity contribution is 5.92. The van der Waals surface area contributed by atoms with Gasteiger partial charge in [0.1, 0.15) is 18.9 Å². The zero-order chi connectivity index (χ0) is 17.1. The Hall–Kier alpha value is -2.83. The fraction of sp³-hybridized carbons (Fsp3) is 0.353. The summed E-state index contributed by atoms with van der Waals surface area (Å²) in [6.07, 6.45) is 3.84. The van der Waals surface area contributed by atoms with Crippen LogP contribution in [0, 0.1) is 5.92 Å². The predicted molar refractivity (Wildman–Crippen MR) is 88.7 cm³/mol. The second-order valence-corrected chi connectivity index (χ2v) is 6.02. The molecule has 0 saturated heterocycles. The number of carbonyl (C=O) groups excluding carboxylic acids is 2. The summed E-state index contributed by atoms with van der Waals surface area (Å²) in [7, 11) is 3.38. The van der Waals surface area contributed by atoms with Crippen molar-refractivity contribution in [2.45, 2.75) is 13.0 Å². The molecule has 2 amide bonds. The quantitative estimate of drug-likeness (QED) is 0.914. The molecule has 3 rings (SSSR count). The van der Waals surface area contributed by atoms with Crippen LogP contribution in [0.5, 0.6) is 5.75 Å². The van der Waals surface area contributed by atoms with Gasteiger partial charge in [-0.1, -0.05) is 18.2 Å². The molecule has 0 fully saturated rings. The molecule has 0 bridgehead atoms. The molecule has 1 atom stereocenters. The van der Waals surface area contributed by atoms with Crippen molar-refractivity contribution in [3.05, 3.63) is 42.2 Å². The van der Waals surface area contributed by atoms with E-state index in [9.17, 15) is 9.59 Å². The Bertz CT molecular complexity index is 754. The molecule has 7 nitrogen and oxygen atoms in total. The van der Waals surface area contributed by atoms with Crippen LogP contribution in [0.15, 0.2) is 36.7 Å². The second kappa shape index (κ2) is 6.74. The highest BCUT2D eigenvalue weighted by Crippen LogP contribution is 2.27. The summed E-state index contributed by atoms with van der Waals surface area (Å²) in [4.78, 5) is 25.6. The number of carbonyl (C=O) groups is 2. The largest absolute Gasteiger partial charge is 0.492 e. The van der Waals surface area contributed by atoms with Gasteiger partial charge in [-0.15, -0.1) is 0 Å². The third-order valence-electron chi connectivity index (χ3n) is 3.95. The Morgan fingerprint density at radius 3 is 2.96 bits per heavy atom. The maximum Gasteiger partial charge on any atom is 0.243 e. The van der Waals surface area contributed by atoms with Crippen molar-refractivity contribution < 1.29 is 14.3 Å². The predicted octanol–water partition coefficient (Wildman–Crippen LogP) is 1.16. The maximum absolute atomic E-state index is 12.4. The first-order valence-electron chi connectivity index (χ1n) is 7.77. The number of benzene rings is 1. The summed E-state index contributed by atoms with van der Waals surface area (Å²) in [6.45, 7) is 0.499. The summed E-state index contributed by atoms with van der Waals surface area (Å²) < 4.78 is 7.15. The molecular formula is C17H20N4O3. The van der Waals surface area contributed by atoms with Crippen LogP contribution in [0.2, 0.25) is 0 Å². The summed E-state index contributed by atoms with van der Waals surface area (Å²) in [6, 6.07) is 7.74. The van der Waals surface area contributed by atoms with E-state index >= 15 is 0 Å². The molecule has 1 aliphatic rings. The zero-order valence-corrected chi connectivity index (χ0v) is 13.7. The van der Waals surface area contributed by atoms with Gasteiger partial charge in [0.15, 0.2) is 0 Å². The van der Waals surface area contributed by atoms with E-state index in [1.807, 2.05) is 24.3 Å². The van der Waals surface area contributed by atoms with E-state index in [0.717, 1.165) is 11.3 Å². The van der Waals surface area contributed by atoms with Crippen LogP contribution in [-0.2, 0) is 22.6 Å². The minimum absolute atomic E-state index is 0.0618. The Morgan fingerprint density at radius 2 is 2.17 bits per heavy atom. The van der Waals surface area contributed by atoms with Gasteiger partial charge in [-0.2, -0.15) is 5.10 Å². The van der Waals surface area contributed by atoms with E-state index in [-0.39, 0.29) is 24.3 Å². The Kier molecular flexibility index (Phi) is 4.50. The first-order chi connectivity index (χ1) is 11.5. The molecule has 0 radical (unpaired) electrons. The minimum Gasteiger partial charge on any atom is -0.492 e. The highest BCUT2D eigenvalue weighted by atomic mass is 16.5. The van der Waals surface area contributed by atoms with Gasteiger partial charge < -0.3 is 15.0 Å².